The number of pyridine rings is 1. The van der Waals surface area contributed by atoms with Gasteiger partial charge in [0.2, 0.25) is 0 Å². The largest absolute Gasteiger partial charge is 0.346 e. The number of aromatic amines is 1. The monoisotopic (exact) mass is 389 g/mol. The number of nitrogens with one attached hydrogen (secondary N) is 2. The van der Waals surface area contributed by atoms with Gasteiger partial charge in [-0.15, -0.1) is 5.10 Å². The first-order valence-electron chi connectivity index (χ1n) is 10.1. The van der Waals surface area contributed by atoms with Crippen LogP contribution in [-0.2, 0) is 19.4 Å². The topological polar surface area (TPSA) is 92.7 Å². The van der Waals surface area contributed by atoms with E-state index in [2.05, 4.69) is 20.6 Å². The van der Waals surface area contributed by atoms with Gasteiger partial charge in [-0.1, -0.05) is 22.9 Å². The number of hydrogen-bond donors (Lipinski definition) is 2. The number of nitrogens with zero attached hydrogens (tertiary/aromatic N) is 3. The second-order valence-electron chi connectivity index (χ2n) is 8.01. The molecule has 1 saturated carbocycles. The molecule has 0 atom stereocenters. The van der Waals surface area contributed by atoms with Crippen LogP contribution in [0.1, 0.15) is 63.7 Å². The first kappa shape index (κ1) is 17.8. The molecule has 1 aromatic carbocycles. The van der Waals surface area contributed by atoms with Crippen LogP contribution in [0.3, 0.4) is 0 Å². The molecule has 3 aromatic rings. The van der Waals surface area contributed by atoms with Crippen LogP contribution in [0.15, 0.2) is 35.1 Å². The quantitative estimate of drug-likeness (QED) is 0.701. The third kappa shape index (κ3) is 3.37. The van der Waals surface area contributed by atoms with Crippen LogP contribution in [0.4, 0.5) is 0 Å². The Labute approximate surface area is 168 Å². The average molecular weight is 389 g/mol. The zero-order chi connectivity index (χ0) is 20.0. The van der Waals surface area contributed by atoms with Crippen LogP contribution in [0.2, 0.25) is 0 Å². The number of carbonyl (C=O) groups excluding carboxylic acids is 1. The van der Waals surface area contributed by atoms with E-state index >= 15 is 0 Å². The molecule has 0 bridgehead atoms. The predicted octanol–water partition coefficient (Wildman–Crippen LogP) is 2.56. The highest BCUT2D eigenvalue weighted by Gasteiger charge is 2.34. The molecule has 1 fully saturated rings. The summed E-state index contributed by atoms with van der Waals surface area (Å²) in [4.78, 5) is 28.1. The summed E-state index contributed by atoms with van der Waals surface area (Å²) in [6.45, 7) is 2.22. The number of aromatic nitrogens is 4. The molecule has 0 radical (unpaired) electrons. The van der Waals surface area contributed by atoms with Crippen LogP contribution >= 0.6 is 0 Å². The molecule has 0 spiro atoms. The Balaban J connectivity index is 1.39. The molecule has 7 heteroatoms. The molecule has 1 amide bonds. The van der Waals surface area contributed by atoms with Gasteiger partial charge < -0.3 is 10.3 Å². The van der Waals surface area contributed by atoms with Crippen LogP contribution in [-0.4, -0.2) is 25.9 Å². The number of fused-ring (bicyclic) bond motifs is 1. The molecule has 29 heavy (non-hydrogen) atoms. The molecule has 2 heterocycles. The lowest BCUT2D eigenvalue weighted by molar-refractivity contribution is 0.0944. The number of amides is 1. The van der Waals surface area contributed by atoms with Crippen molar-refractivity contribution in [3.8, 4) is 5.69 Å². The van der Waals surface area contributed by atoms with Crippen LogP contribution in [0.5, 0.6) is 0 Å². The Morgan fingerprint density at radius 1 is 1.24 bits per heavy atom. The van der Waals surface area contributed by atoms with Gasteiger partial charge >= 0.3 is 0 Å². The second kappa shape index (κ2) is 6.99. The number of hydrogen-bond acceptors (Lipinski definition) is 4. The number of rotatable bonds is 5. The Morgan fingerprint density at radius 2 is 2.03 bits per heavy atom. The second-order valence-corrected chi connectivity index (χ2v) is 8.01. The minimum Gasteiger partial charge on any atom is -0.346 e. The smallest absolute Gasteiger partial charge is 0.274 e. The molecule has 5 rings (SSSR count). The fourth-order valence-electron chi connectivity index (χ4n) is 4.00. The van der Waals surface area contributed by atoms with E-state index < -0.39 is 0 Å². The summed E-state index contributed by atoms with van der Waals surface area (Å²) in [5, 5.41) is 11.3. The van der Waals surface area contributed by atoms with Crippen molar-refractivity contribution in [1.29, 1.82) is 0 Å². The fourth-order valence-corrected chi connectivity index (χ4v) is 4.00. The molecule has 2 aromatic heterocycles. The standard InChI is InChI=1S/C22H23N5O2/c1-13-5-9-17(10-6-13)27-20(14-7-8-14)19(25-26-27)22(29)23-12-16-11-15-3-2-4-18(15)24-21(16)28/h5-6,9-11,14H,2-4,7-8,12H2,1H3,(H,23,29)(H,24,28). The molecule has 148 valence electrons. The maximum atomic E-state index is 12.9. The summed E-state index contributed by atoms with van der Waals surface area (Å²) < 4.78 is 1.77. The zero-order valence-electron chi connectivity index (χ0n) is 16.4. The van der Waals surface area contributed by atoms with E-state index in [4.69, 9.17) is 0 Å². The fraction of sp³-hybridized carbons (Fsp3) is 0.364. The van der Waals surface area contributed by atoms with Crippen molar-refractivity contribution in [3.05, 3.63) is 74.5 Å². The van der Waals surface area contributed by atoms with Gasteiger partial charge in [-0.05, 0) is 62.8 Å². The Morgan fingerprint density at radius 3 is 2.79 bits per heavy atom. The van der Waals surface area contributed by atoms with E-state index in [1.165, 1.54) is 11.1 Å². The molecular weight excluding hydrogens is 366 g/mol. The van der Waals surface area contributed by atoms with Crippen molar-refractivity contribution in [2.24, 2.45) is 0 Å². The van der Waals surface area contributed by atoms with E-state index in [-0.39, 0.29) is 18.0 Å². The van der Waals surface area contributed by atoms with Crippen molar-refractivity contribution >= 4 is 5.91 Å². The average Bonchev–Trinajstić information content (AvgIpc) is 3.29. The normalized spacial score (nSPS) is 15.3. The van der Waals surface area contributed by atoms with Crippen LogP contribution < -0.4 is 10.9 Å². The van der Waals surface area contributed by atoms with Gasteiger partial charge in [0.15, 0.2) is 5.69 Å². The summed E-state index contributed by atoms with van der Waals surface area (Å²) in [5.74, 6) is 0.0145. The zero-order valence-corrected chi connectivity index (χ0v) is 16.4. The van der Waals surface area contributed by atoms with E-state index in [0.717, 1.165) is 49.2 Å². The van der Waals surface area contributed by atoms with Gasteiger partial charge in [-0.25, -0.2) is 4.68 Å². The van der Waals surface area contributed by atoms with Gasteiger partial charge in [0.1, 0.15) is 0 Å². The summed E-state index contributed by atoms with van der Waals surface area (Å²) in [5.41, 5.74) is 5.94. The Bertz CT molecular complexity index is 1140. The lowest BCUT2D eigenvalue weighted by Crippen LogP contribution is -2.28. The van der Waals surface area contributed by atoms with Crippen molar-refractivity contribution in [2.75, 3.05) is 0 Å². The van der Waals surface area contributed by atoms with Gasteiger partial charge in [0.05, 0.1) is 11.4 Å². The van der Waals surface area contributed by atoms with Crippen LogP contribution in [0.25, 0.3) is 5.69 Å². The third-order valence-electron chi connectivity index (χ3n) is 5.77. The van der Waals surface area contributed by atoms with Gasteiger partial charge in [0.25, 0.3) is 11.5 Å². The van der Waals surface area contributed by atoms with E-state index in [9.17, 15) is 9.59 Å². The van der Waals surface area contributed by atoms with Crippen molar-refractivity contribution in [2.45, 2.75) is 51.5 Å². The van der Waals surface area contributed by atoms with E-state index in [1.807, 2.05) is 37.3 Å². The molecule has 2 aliphatic rings. The molecular formula is C22H23N5O2. The lowest BCUT2D eigenvalue weighted by atomic mass is 10.1. The molecule has 2 aliphatic carbocycles. The maximum absolute atomic E-state index is 12.9. The lowest BCUT2D eigenvalue weighted by Gasteiger charge is -2.09. The van der Waals surface area contributed by atoms with Crippen LogP contribution in [0, 0.1) is 6.92 Å². The molecule has 2 N–H and O–H groups in total. The predicted molar refractivity (Wildman–Crippen MR) is 108 cm³/mol. The highest BCUT2D eigenvalue weighted by molar-refractivity contribution is 5.93. The maximum Gasteiger partial charge on any atom is 0.274 e. The van der Waals surface area contributed by atoms with Crippen molar-refractivity contribution < 1.29 is 4.79 Å². The third-order valence-corrected chi connectivity index (χ3v) is 5.77. The van der Waals surface area contributed by atoms with E-state index in [1.54, 1.807) is 4.68 Å². The summed E-state index contributed by atoms with van der Waals surface area (Å²) >= 11 is 0. The number of H-pyrrole nitrogens is 1. The molecule has 0 saturated heterocycles. The molecule has 0 unspecified atom stereocenters. The van der Waals surface area contributed by atoms with Gasteiger partial charge in [-0.3, -0.25) is 9.59 Å². The van der Waals surface area contributed by atoms with Crippen molar-refractivity contribution in [3.63, 3.8) is 0 Å². The summed E-state index contributed by atoms with van der Waals surface area (Å²) in [7, 11) is 0. The highest BCUT2D eigenvalue weighted by Crippen LogP contribution is 2.42. The number of carbonyl (C=O) groups is 1. The molecule has 0 aliphatic heterocycles. The van der Waals surface area contributed by atoms with Gasteiger partial charge in [0, 0.05) is 23.7 Å². The summed E-state index contributed by atoms with van der Waals surface area (Å²) in [6, 6.07) is 9.94. The first-order chi connectivity index (χ1) is 14.1. The minimum atomic E-state index is -0.287. The number of aryl methyl sites for hydroxylation is 3. The Hall–Kier alpha value is -3.22. The van der Waals surface area contributed by atoms with E-state index in [0.29, 0.717) is 17.2 Å². The SMILES string of the molecule is Cc1ccc(-n2nnc(C(=O)NCc3cc4c([nH]c3=O)CCC4)c2C2CC2)cc1. The number of benzene rings is 1. The highest BCUT2D eigenvalue weighted by atomic mass is 16.2. The van der Waals surface area contributed by atoms with Gasteiger partial charge in [-0.2, -0.15) is 0 Å². The first-order valence-corrected chi connectivity index (χ1v) is 10.1. The minimum absolute atomic E-state index is 0.128. The Kier molecular flexibility index (Phi) is 4.30. The van der Waals surface area contributed by atoms with Crippen molar-refractivity contribution in [1.82, 2.24) is 25.3 Å². The molecule has 7 nitrogen and oxygen atoms in total. The summed E-state index contributed by atoms with van der Waals surface area (Å²) in [6.07, 6.45) is 5.02.